The van der Waals surface area contributed by atoms with Gasteiger partial charge < -0.3 is 5.73 Å². The molecule has 1 saturated carbocycles. The van der Waals surface area contributed by atoms with Crippen LogP contribution in [0, 0.1) is 11.3 Å². The van der Waals surface area contributed by atoms with Crippen LogP contribution in [0.25, 0.3) is 0 Å². The Kier molecular flexibility index (Phi) is 5.47. The molecule has 0 heterocycles. The van der Waals surface area contributed by atoms with Gasteiger partial charge in [-0.05, 0) is 31.2 Å². The molecule has 0 aromatic carbocycles. The Morgan fingerprint density at radius 3 is 2.44 bits per heavy atom. The Morgan fingerprint density at radius 1 is 1.31 bits per heavy atom. The minimum atomic E-state index is 0.150. The zero-order valence-corrected chi connectivity index (χ0v) is 10.9. The number of Topliss-reactive ketones (excluding diaryl/α,β-unsaturated/α-hetero) is 1. The van der Waals surface area contributed by atoms with Gasteiger partial charge in [-0.3, -0.25) is 4.79 Å². The molecule has 2 heteroatoms. The van der Waals surface area contributed by atoms with Crippen LogP contribution in [0.15, 0.2) is 0 Å². The second-order valence-corrected chi connectivity index (χ2v) is 5.60. The molecule has 1 atom stereocenters. The van der Waals surface area contributed by atoms with E-state index in [1.807, 2.05) is 0 Å². The van der Waals surface area contributed by atoms with Gasteiger partial charge in [-0.15, -0.1) is 0 Å². The van der Waals surface area contributed by atoms with E-state index in [1.54, 1.807) is 0 Å². The van der Waals surface area contributed by atoms with Crippen molar-refractivity contribution in [3.05, 3.63) is 0 Å². The molecule has 2 nitrogen and oxygen atoms in total. The van der Waals surface area contributed by atoms with Crippen LogP contribution in [0.3, 0.4) is 0 Å². The van der Waals surface area contributed by atoms with Crippen LogP contribution in [0.2, 0.25) is 0 Å². The summed E-state index contributed by atoms with van der Waals surface area (Å²) in [6.07, 6.45) is 9.01. The van der Waals surface area contributed by atoms with Gasteiger partial charge >= 0.3 is 0 Å². The van der Waals surface area contributed by atoms with Crippen LogP contribution in [0.4, 0.5) is 0 Å². The normalized spacial score (nSPS) is 21.7. The summed E-state index contributed by atoms with van der Waals surface area (Å²) in [6, 6.07) is 0. The second kappa shape index (κ2) is 6.39. The fourth-order valence-corrected chi connectivity index (χ4v) is 2.89. The lowest BCUT2D eigenvalue weighted by Gasteiger charge is -2.36. The lowest BCUT2D eigenvalue weighted by molar-refractivity contribution is -0.125. The third kappa shape index (κ3) is 3.58. The van der Waals surface area contributed by atoms with Gasteiger partial charge in [0, 0.05) is 12.3 Å². The van der Waals surface area contributed by atoms with E-state index >= 15 is 0 Å². The predicted octanol–water partition coefficient (Wildman–Crippen LogP) is 3.29. The van der Waals surface area contributed by atoms with Crippen molar-refractivity contribution >= 4 is 5.78 Å². The summed E-state index contributed by atoms with van der Waals surface area (Å²) in [5.74, 6) is 0.671. The summed E-state index contributed by atoms with van der Waals surface area (Å²) in [4.78, 5) is 12.1. The van der Waals surface area contributed by atoms with Gasteiger partial charge in [0.25, 0.3) is 0 Å². The van der Waals surface area contributed by atoms with E-state index in [9.17, 15) is 4.79 Å². The average molecular weight is 225 g/mol. The summed E-state index contributed by atoms with van der Waals surface area (Å²) >= 11 is 0. The van der Waals surface area contributed by atoms with Gasteiger partial charge in [-0.1, -0.05) is 39.5 Å². The quantitative estimate of drug-likeness (QED) is 0.753. The highest BCUT2D eigenvalue weighted by molar-refractivity contribution is 5.81. The zero-order chi connectivity index (χ0) is 12.0. The van der Waals surface area contributed by atoms with Gasteiger partial charge in [0.2, 0.25) is 0 Å². The summed E-state index contributed by atoms with van der Waals surface area (Å²) in [6.45, 7) is 4.90. The molecule has 1 fully saturated rings. The molecule has 0 aromatic heterocycles. The topological polar surface area (TPSA) is 43.1 Å². The summed E-state index contributed by atoms with van der Waals surface area (Å²) < 4.78 is 0. The molecule has 16 heavy (non-hydrogen) atoms. The second-order valence-electron chi connectivity index (χ2n) is 5.60. The van der Waals surface area contributed by atoms with Crippen molar-refractivity contribution in [2.24, 2.45) is 17.1 Å². The zero-order valence-electron chi connectivity index (χ0n) is 10.9. The minimum absolute atomic E-state index is 0.150. The molecule has 0 amide bonds. The van der Waals surface area contributed by atoms with Gasteiger partial charge in [-0.25, -0.2) is 0 Å². The highest BCUT2D eigenvalue weighted by Crippen LogP contribution is 2.39. The average Bonchev–Trinajstić information content (AvgIpc) is 2.30. The molecule has 0 aliphatic heterocycles. The lowest BCUT2D eigenvalue weighted by Crippen LogP contribution is -2.36. The van der Waals surface area contributed by atoms with E-state index in [2.05, 4.69) is 13.8 Å². The largest absolute Gasteiger partial charge is 0.330 e. The smallest absolute Gasteiger partial charge is 0.136 e. The number of nitrogens with two attached hydrogens (primary N) is 1. The maximum Gasteiger partial charge on any atom is 0.136 e. The Morgan fingerprint density at radius 2 is 1.94 bits per heavy atom. The van der Waals surface area contributed by atoms with Crippen molar-refractivity contribution in [1.29, 1.82) is 0 Å². The fourth-order valence-electron chi connectivity index (χ4n) is 2.89. The van der Waals surface area contributed by atoms with E-state index in [1.165, 1.54) is 19.3 Å². The highest BCUT2D eigenvalue weighted by Gasteiger charge is 2.33. The first-order valence-corrected chi connectivity index (χ1v) is 6.86. The van der Waals surface area contributed by atoms with Crippen LogP contribution in [-0.2, 0) is 4.79 Å². The Balaban J connectivity index is 2.51. The van der Waals surface area contributed by atoms with Gasteiger partial charge in [-0.2, -0.15) is 0 Å². The maximum absolute atomic E-state index is 12.1. The third-order valence-electron chi connectivity index (χ3n) is 4.17. The van der Waals surface area contributed by atoms with Crippen LogP contribution in [-0.4, -0.2) is 12.3 Å². The molecule has 0 bridgehead atoms. The fraction of sp³-hybridized carbons (Fsp3) is 0.929. The Labute approximate surface area is 100.0 Å². The van der Waals surface area contributed by atoms with Crippen molar-refractivity contribution in [3.63, 3.8) is 0 Å². The molecule has 0 radical (unpaired) electrons. The number of carbonyl (C=O) groups excluding carboxylic acids is 1. The van der Waals surface area contributed by atoms with E-state index in [-0.39, 0.29) is 11.3 Å². The summed E-state index contributed by atoms with van der Waals surface area (Å²) in [5, 5.41) is 0. The minimum Gasteiger partial charge on any atom is -0.330 e. The van der Waals surface area contributed by atoms with Crippen molar-refractivity contribution in [2.45, 2.75) is 65.2 Å². The number of hydrogen-bond acceptors (Lipinski definition) is 2. The van der Waals surface area contributed by atoms with E-state index in [0.29, 0.717) is 12.3 Å². The molecule has 1 aliphatic rings. The first kappa shape index (κ1) is 13.7. The lowest BCUT2D eigenvalue weighted by atomic mass is 9.70. The van der Waals surface area contributed by atoms with Crippen molar-refractivity contribution in [1.82, 2.24) is 0 Å². The Hall–Kier alpha value is -0.370. The highest BCUT2D eigenvalue weighted by atomic mass is 16.1. The van der Waals surface area contributed by atoms with Gasteiger partial charge in [0.15, 0.2) is 0 Å². The third-order valence-corrected chi connectivity index (χ3v) is 4.17. The molecule has 0 saturated heterocycles. The SMILES string of the molecule is CCCC(C)C(=O)CC1(CN)CCCCC1. The van der Waals surface area contributed by atoms with Crippen LogP contribution < -0.4 is 5.73 Å². The first-order chi connectivity index (χ1) is 7.63. The molecule has 1 rings (SSSR count). The van der Waals surface area contributed by atoms with Gasteiger partial charge in [0.05, 0.1) is 0 Å². The predicted molar refractivity (Wildman–Crippen MR) is 68.3 cm³/mol. The molecule has 1 aliphatic carbocycles. The van der Waals surface area contributed by atoms with E-state index in [0.717, 1.165) is 32.1 Å². The summed E-state index contributed by atoms with van der Waals surface area (Å²) in [7, 11) is 0. The van der Waals surface area contributed by atoms with Gasteiger partial charge in [0.1, 0.15) is 5.78 Å². The standard InChI is InChI=1S/C14H27NO/c1-3-7-12(2)13(16)10-14(11-15)8-5-4-6-9-14/h12H,3-11,15H2,1-2H3. The first-order valence-electron chi connectivity index (χ1n) is 6.86. The molecule has 2 N–H and O–H groups in total. The molecule has 0 spiro atoms. The number of rotatable bonds is 6. The monoisotopic (exact) mass is 225 g/mol. The molecule has 1 unspecified atom stereocenters. The van der Waals surface area contributed by atoms with Crippen LogP contribution in [0.5, 0.6) is 0 Å². The summed E-state index contributed by atoms with van der Waals surface area (Å²) in [5.41, 5.74) is 6.06. The molecule has 0 aromatic rings. The van der Waals surface area contributed by atoms with E-state index in [4.69, 9.17) is 5.73 Å². The molecule has 94 valence electrons. The number of hydrogen-bond donors (Lipinski definition) is 1. The van der Waals surface area contributed by atoms with Crippen molar-refractivity contribution in [3.8, 4) is 0 Å². The Bertz CT molecular complexity index is 219. The van der Waals surface area contributed by atoms with Crippen molar-refractivity contribution in [2.75, 3.05) is 6.54 Å². The van der Waals surface area contributed by atoms with E-state index < -0.39 is 0 Å². The maximum atomic E-state index is 12.1. The number of ketones is 1. The van der Waals surface area contributed by atoms with Crippen LogP contribution >= 0.6 is 0 Å². The molecular weight excluding hydrogens is 198 g/mol. The van der Waals surface area contributed by atoms with Crippen LogP contribution in [0.1, 0.15) is 65.2 Å². The van der Waals surface area contributed by atoms with Crippen molar-refractivity contribution < 1.29 is 4.79 Å². The number of carbonyl (C=O) groups is 1. The molecular formula is C14H27NO.